The molecule has 0 spiro atoms. The maximum Gasteiger partial charge on any atom is 0.253 e. The summed E-state index contributed by atoms with van der Waals surface area (Å²) in [5.74, 6) is -5.41. The second-order valence-corrected chi connectivity index (χ2v) is 28.4. The molecule has 91 heavy (non-hydrogen) atoms. The quantitative estimate of drug-likeness (QED) is 0.0205. The maximum atomic E-state index is 13.5. The van der Waals surface area contributed by atoms with E-state index in [9.17, 15) is 115 Å². The molecule has 0 heterocycles. The molecule has 9 amide bonds. The number of amides is 9. The molecule has 32 nitrogen and oxygen atoms in total. The molecule has 0 fully saturated rings. The molecule has 0 saturated heterocycles. The zero-order chi connectivity index (χ0) is 69.5. The second kappa shape index (κ2) is 42.7. The molecular formula is C50H62I9N9O23. The van der Waals surface area contributed by atoms with Crippen LogP contribution in [0.4, 0.5) is 17.1 Å². The van der Waals surface area contributed by atoms with Crippen LogP contribution in [-0.4, -0.2) is 266 Å². The molecule has 4 unspecified atom stereocenters. The van der Waals surface area contributed by atoms with E-state index in [4.69, 9.17) is 0 Å². The number of benzene rings is 3. The zero-order valence-electron chi connectivity index (χ0n) is 46.9. The highest BCUT2D eigenvalue weighted by atomic mass is 127. The fourth-order valence-electron chi connectivity index (χ4n) is 7.16. The van der Waals surface area contributed by atoms with Crippen LogP contribution in [0.3, 0.4) is 0 Å². The molecule has 3 aromatic rings. The van der Waals surface area contributed by atoms with Gasteiger partial charge in [-0.25, -0.2) is 0 Å². The lowest BCUT2D eigenvalue weighted by molar-refractivity contribution is -0.123. The highest BCUT2D eigenvalue weighted by Crippen LogP contribution is 2.41. The number of aliphatic hydroxyl groups excluding tert-OH is 14. The van der Waals surface area contributed by atoms with Crippen molar-refractivity contribution in [3.05, 3.63) is 65.5 Å². The molecule has 0 bridgehead atoms. The van der Waals surface area contributed by atoms with Crippen LogP contribution in [0.1, 0.15) is 69.1 Å². The van der Waals surface area contributed by atoms with Crippen LogP contribution in [0.25, 0.3) is 0 Å². The van der Waals surface area contributed by atoms with Gasteiger partial charge in [-0.3, -0.25) is 43.2 Å². The summed E-state index contributed by atoms with van der Waals surface area (Å²) < 4.78 is 1.38. The average molecular weight is 2300 g/mol. The first-order chi connectivity index (χ1) is 42.8. The number of carbonyl (C=O) groups excluding carboxylic acids is 9. The number of halogens is 9. The number of anilines is 3. The van der Waals surface area contributed by atoms with Gasteiger partial charge in [0.25, 0.3) is 41.4 Å². The van der Waals surface area contributed by atoms with Crippen molar-refractivity contribution in [3.8, 4) is 0 Å². The van der Waals surface area contributed by atoms with E-state index in [1.807, 2.05) is 45.2 Å². The molecule has 0 aliphatic heterocycles. The van der Waals surface area contributed by atoms with E-state index in [1.165, 1.54) is 6.92 Å². The lowest BCUT2D eigenvalue weighted by Crippen LogP contribution is -2.42. The Morgan fingerprint density at radius 3 is 0.824 bits per heavy atom. The molecule has 0 aliphatic carbocycles. The van der Waals surface area contributed by atoms with Crippen LogP contribution < -0.4 is 47.0 Å². The number of aliphatic hydroxyl groups is 14. The van der Waals surface area contributed by atoms with E-state index < -0.39 is 156 Å². The highest BCUT2D eigenvalue weighted by Gasteiger charge is 2.35. The van der Waals surface area contributed by atoms with Crippen molar-refractivity contribution in [2.45, 2.75) is 55.6 Å². The molecular weight excluding hydrogens is 2240 g/mol. The van der Waals surface area contributed by atoms with Crippen LogP contribution >= 0.6 is 203 Å². The van der Waals surface area contributed by atoms with Gasteiger partial charge in [0.2, 0.25) is 12.8 Å². The molecule has 0 radical (unpaired) electrons. The van der Waals surface area contributed by atoms with Crippen LogP contribution in [0.15, 0.2) is 0 Å². The molecule has 3 aromatic carbocycles. The van der Waals surface area contributed by atoms with E-state index in [1.54, 1.807) is 158 Å². The van der Waals surface area contributed by atoms with Gasteiger partial charge >= 0.3 is 0 Å². The Morgan fingerprint density at radius 2 is 0.615 bits per heavy atom. The lowest BCUT2D eigenvalue weighted by Gasteiger charge is -2.30. The molecule has 21 N–H and O–H groups in total. The summed E-state index contributed by atoms with van der Waals surface area (Å²) in [4.78, 5) is 120. The Morgan fingerprint density at radius 1 is 0.374 bits per heavy atom. The predicted octanol–water partition coefficient (Wildman–Crippen LogP) is -3.38. The van der Waals surface area contributed by atoms with E-state index in [0.29, 0.717) is 12.8 Å². The predicted molar refractivity (Wildman–Crippen MR) is 399 cm³/mol. The lowest BCUT2D eigenvalue weighted by atomic mass is 10.1. The number of rotatable bonds is 34. The summed E-state index contributed by atoms with van der Waals surface area (Å²) in [6.07, 6.45) is -7.67. The molecule has 0 aliphatic rings. The van der Waals surface area contributed by atoms with Gasteiger partial charge in [-0.2, -0.15) is 0 Å². The number of hydrogen-bond acceptors (Lipinski definition) is 23. The summed E-state index contributed by atoms with van der Waals surface area (Å²) in [6.45, 7) is -6.22. The first kappa shape index (κ1) is 86.0. The van der Waals surface area contributed by atoms with Gasteiger partial charge in [0.05, 0.1) is 180 Å². The third kappa shape index (κ3) is 24.1. The highest BCUT2D eigenvalue weighted by molar-refractivity contribution is 14.1. The number of carbonyl (C=O) groups is 9. The fraction of sp³-hybridized carbons (Fsp3) is 0.460. The summed E-state index contributed by atoms with van der Waals surface area (Å²) >= 11 is 15.9. The molecule has 41 heteroatoms. The standard InChI is InChI=1S/C33H40I6N6O15.C17H22I3N3O8/c34-22-18(30(57)40-1-13(52)7-46)24(36)28(25(37)19(22)31(58)41-2-14(53)8-47)44(11-50)5-17(56)6-45(12-51)29-26(38)20(32(59)42-3-15(54)9-48)23(35)21(27(29)39)33(60)43-4-16(55)10-49;1-6(28)15(29)23-14-12(19)9(16(30)21-7(2-24)3-25)11(18)10(13(14)20)17(31)22-8(4-26)5-27/h11-17,46-49,52-56H,1-10H2,(H,40,57)(H,41,58)(H,42,59)(H,43,60);6-8,24-28H,2-5H2,1H3,(H,21,30)(H,22,31)(H,23,29)/t;6-/m.0/s1. The van der Waals surface area contributed by atoms with E-state index in [0.717, 1.165) is 9.80 Å². The first-order valence-corrected chi connectivity index (χ1v) is 35.6. The van der Waals surface area contributed by atoms with Crippen molar-refractivity contribution in [3.63, 3.8) is 0 Å². The van der Waals surface area contributed by atoms with Gasteiger partial charge in [0, 0.05) is 36.9 Å². The summed E-state index contributed by atoms with van der Waals surface area (Å²) in [5.41, 5.74) is -0.455. The number of nitrogens with one attached hydrogen (secondary N) is 7. The van der Waals surface area contributed by atoms with Gasteiger partial charge < -0.3 is 119 Å². The third-order valence-corrected chi connectivity index (χ3v) is 21.5. The summed E-state index contributed by atoms with van der Waals surface area (Å²) in [7, 11) is 0. The van der Waals surface area contributed by atoms with E-state index >= 15 is 0 Å². The second-order valence-electron chi connectivity index (χ2n) is 18.7. The first-order valence-electron chi connectivity index (χ1n) is 25.8. The molecule has 0 saturated carbocycles. The van der Waals surface area contributed by atoms with Crippen molar-refractivity contribution in [2.24, 2.45) is 0 Å². The van der Waals surface area contributed by atoms with Crippen molar-refractivity contribution >= 4 is 275 Å². The monoisotopic (exact) mass is 2300 g/mol. The summed E-state index contributed by atoms with van der Waals surface area (Å²) in [6, 6.07) is -1.89. The van der Waals surface area contributed by atoms with Crippen molar-refractivity contribution < 1.29 is 115 Å². The Kier molecular flexibility index (Phi) is 40.3. The Labute approximate surface area is 641 Å². The fourth-order valence-corrected chi connectivity index (χ4v) is 21.1. The largest absolute Gasteiger partial charge is 0.394 e. The van der Waals surface area contributed by atoms with Gasteiger partial charge in [0.15, 0.2) is 0 Å². The SMILES string of the molecule is C[C@H](O)C(=O)Nc1c(I)c(C(=O)NC(CO)CO)c(I)c(C(=O)NC(CO)CO)c1I.O=CN(CC(O)CN(C=O)c1c(I)c(C(=O)NCC(O)CO)c(I)c(C(=O)NCC(O)CO)c1I)c1c(I)c(C(=O)NCC(O)CO)c(I)c(C(=O)NCC(O)CO)c1I. The van der Waals surface area contributed by atoms with Crippen LogP contribution in [-0.2, 0) is 14.4 Å². The minimum atomic E-state index is -1.61. The number of hydrogen-bond donors (Lipinski definition) is 21. The average Bonchev–Trinajstić information content (AvgIpc) is 0.810. The van der Waals surface area contributed by atoms with E-state index in [2.05, 4.69) is 37.2 Å². The Hall–Kier alpha value is -1.10. The van der Waals surface area contributed by atoms with Gasteiger partial charge in [-0.15, -0.1) is 0 Å². The minimum Gasteiger partial charge on any atom is -0.394 e. The summed E-state index contributed by atoms with van der Waals surface area (Å²) in [5, 5.41) is 152. The van der Waals surface area contributed by atoms with Crippen LogP contribution in [0, 0.1) is 32.1 Å². The van der Waals surface area contributed by atoms with Gasteiger partial charge in [-0.05, 0) is 210 Å². The minimum absolute atomic E-state index is 0.00380. The zero-order valence-corrected chi connectivity index (χ0v) is 66.3. The smallest absolute Gasteiger partial charge is 0.253 e. The van der Waals surface area contributed by atoms with Crippen molar-refractivity contribution in [1.82, 2.24) is 31.9 Å². The third-order valence-electron chi connectivity index (χ3n) is 11.9. The topological polar surface area (TPSA) is 528 Å². The van der Waals surface area contributed by atoms with Crippen LogP contribution in [0.5, 0.6) is 0 Å². The van der Waals surface area contributed by atoms with Crippen molar-refractivity contribution in [1.29, 1.82) is 0 Å². The normalized spacial score (nSPS) is 13.1. The van der Waals surface area contributed by atoms with Crippen molar-refractivity contribution in [2.75, 3.05) is 107 Å². The molecule has 508 valence electrons. The molecule has 3 rings (SSSR count). The van der Waals surface area contributed by atoms with E-state index in [-0.39, 0.29) is 109 Å². The van der Waals surface area contributed by atoms with Gasteiger partial charge in [-0.1, -0.05) is 0 Å². The Balaban J connectivity index is 0.000000762. The maximum absolute atomic E-state index is 13.5. The molecule has 0 aromatic heterocycles. The Bertz CT molecular complexity index is 2810. The van der Waals surface area contributed by atoms with Crippen LogP contribution in [0.2, 0.25) is 0 Å². The molecule has 5 atom stereocenters. The number of nitrogens with zero attached hydrogens (tertiary/aromatic N) is 2. The van der Waals surface area contributed by atoms with Gasteiger partial charge in [0.1, 0.15) is 6.10 Å².